The summed E-state index contributed by atoms with van der Waals surface area (Å²) in [5, 5.41) is 4.68. The van der Waals surface area contributed by atoms with Gasteiger partial charge in [0, 0.05) is 30.2 Å². The van der Waals surface area contributed by atoms with Crippen LogP contribution in [-0.2, 0) is 11.2 Å². The van der Waals surface area contributed by atoms with Crippen LogP contribution in [0.15, 0.2) is 23.6 Å². The predicted molar refractivity (Wildman–Crippen MR) is 102 cm³/mol. The Morgan fingerprint density at radius 2 is 2.08 bits per heavy atom. The van der Waals surface area contributed by atoms with E-state index in [1.165, 1.54) is 18.3 Å². The van der Waals surface area contributed by atoms with Gasteiger partial charge in [-0.3, -0.25) is 9.59 Å². The van der Waals surface area contributed by atoms with Crippen LogP contribution in [0.2, 0.25) is 0 Å². The molecule has 0 fully saturated rings. The number of amides is 2. The van der Waals surface area contributed by atoms with Crippen LogP contribution < -0.4 is 16.0 Å². The number of hydrogen-bond donors (Lipinski definition) is 2. The second kappa shape index (κ2) is 8.32. The molecule has 0 unspecified atom stereocenters. The summed E-state index contributed by atoms with van der Waals surface area (Å²) in [4.78, 5) is 29.6. The van der Waals surface area contributed by atoms with E-state index in [1.807, 2.05) is 18.2 Å². The second-order valence-electron chi connectivity index (χ2n) is 5.12. The lowest BCUT2D eigenvalue weighted by atomic mass is 9.99. The fourth-order valence-corrected chi connectivity index (χ4v) is 3.31. The number of rotatable bonds is 2. The van der Waals surface area contributed by atoms with Crippen molar-refractivity contribution in [1.29, 1.82) is 0 Å². The van der Waals surface area contributed by atoms with E-state index >= 15 is 0 Å². The van der Waals surface area contributed by atoms with Crippen LogP contribution in [0, 0.1) is 0 Å². The van der Waals surface area contributed by atoms with Crippen LogP contribution in [0.25, 0.3) is 0 Å². The summed E-state index contributed by atoms with van der Waals surface area (Å²) in [5.74, 6) is -0.371. The lowest BCUT2D eigenvalue weighted by Crippen LogP contribution is -2.36. The molecule has 6 nitrogen and oxygen atoms in total. The summed E-state index contributed by atoms with van der Waals surface area (Å²) in [6, 6.07) is 5.61. The minimum atomic E-state index is -0.204. The summed E-state index contributed by atoms with van der Waals surface area (Å²) in [6.45, 7) is 2.05. The van der Waals surface area contributed by atoms with E-state index in [0.29, 0.717) is 23.1 Å². The van der Waals surface area contributed by atoms with Gasteiger partial charge in [0.25, 0.3) is 5.91 Å². The maximum Gasteiger partial charge on any atom is 0.277 e. The normalized spacial score (nSPS) is 12.5. The van der Waals surface area contributed by atoms with E-state index < -0.39 is 0 Å². The largest absolute Gasteiger partial charge is 0.398 e. The number of nitrogens with zero attached hydrogens (tertiary/aromatic N) is 2. The Bertz CT molecular complexity index is 751. The number of nitrogen functional groups attached to an aromatic ring is 1. The molecule has 130 valence electrons. The lowest BCUT2D eigenvalue weighted by molar-refractivity contribution is -0.114. The molecule has 0 aliphatic carbocycles. The first-order valence-electron chi connectivity index (χ1n) is 6.98. The third-order valence-corrected chi connectivity index (χ3v) is 4.30. The molecule has 2 heterocycles. The molecule has 1 aromatic carbocycles. The number of fused-ring (bicyclic) bond motifs is 1. The first kappa shape index (κ1) is 20.2. The van der Waals surface area contributed by atoms with E-state index in [1.54, 1.807) is 10.3 Å². The van der Waals surface area contributed by atoms with Gasteiger partial charge in [-0.05, 0) is 30.5 Å². The zero-order valence-corrected chi connectivity index (χ0v) is 15.4. The molecule has 0 saturated heterocycles. The highest BCUT2D eigenvalue weighted by atomic mass is 35.5. The number of benzene rings is 1. The highest BCUT2D eigenvalue weighted by molar-refractivity contribution is 7.14. The molecule has 0 radical (unpaired) electrons. The predicted octanol–water partition coefficient (Wildman–Crippen LogP) is 3.12. The van der Waals surface area contributed by atoms with Gasteiger partial charge in [-0.1, -0.05) is 6.07 Å². The van der Waals surface area contributed by atoms with E-state index in [-0.39, 0.29) is 36.6 Å². The quantitative estimate of drug-likeness (QED) is 0.773. The molecule has 24 heavy (non-hydrogen) atoms. The van der Waals surface area contributed by atoms with Crippen LogP contribution >= 0.6 is 36.2 Å². The van der Waals surface area contributed by atoms with E-state index in [2.05, 4.69) is 10.3 Å². The molecule has 2 amide bonds. The molecule has 2 aromatic rings. The van der Waals surface area contributed by atoms with Crippen molar-refractivity contribution >= 4 is 64.5 Å². The summed E-state index contributed by atoms with van der Waals surface area (Å²) < 4.78 is 0. The highest BCUT2D eigenvalue weighted by Crippen LogP contribution is 2.32. The molecule has 1 aromatic heterocycles. The van der Waals surface area contributed by atoms with Gasteiger partial charge in [0.05, 0.1) is 0 Å². The molecule has 9 heteroatoms. The number of anilines is 3. The Labute approximate surface area is 156 Å². The number of thiazole rings is 1. The molecule has 3 N–H and O–H groups in total. The Morgan fingerprint density at radius 1 is 1.33 bits per heavy atom. The average molecular weight is 389 g/mol. The summed E-state index contributed by atoms with van der Waals surface area (Å²) in [5.41, 5.74) is 8.92. The summed E-state index contributed by atoms with van der Waals surface area (Å²) in [6.07, 6.45) is 1.75. The first-order valence-corrected chi connectivity index (χ1v) is 7.86. The van der Waals surface area contributed by atoms with Gasteiger partial charge in [-0.15, -0.1) is 36.2 Å². The van der Waals surface area contributed by atoms with E-state index in [0.717, 1.165) is 24.1 Å². The van der Waals surface area contributed by atoms with Gasteiger partial charge in [-0.2, -0.15) is 0 Å². The zero-order chi connectivity index (χ0) is 15.7. The lowest BCUT2D eigenvalue weighted by Gasteiger charge is -2.29. The van der Waals surface area contributed by atoms with Crippen molar-refractivity contribution in [2.24, 2.45) is 0 Å². The van der Waals surface area contributed by atoms with Gasteiger partial charge >= 0.3 is 0 Å². The average Bonchev–Trinajstić information content (AvgIpc) is 2.94. The minimum Gasteiger partial charge on any atom is -0.398 e. The maximum absolute atomic E-state index is 12.7. The zero-order valence-electron chi connectivity index (χ0n) is 12.9. The van der Waals surface area contributed by atoms with Gasteiger partial charge < -0.3 is 16.0 Å². The number of aromatic nitrogens is 1. The van der Waals surface area contributed by atoms with Gasteiger partial charge in [0.2, 0.25) is 5.91 Å². The standard InChI is InChI=1S/C15H16N4O2S.2ClH/c1-9(20)17-15-18-12(8-22-15)14(21)19-7-3-4-10-11(16)5-2-6-13(10)19;;/h2,5-6,8H,3-4,7,16H2,1H3,(H,17,18,20);2*1H. The summed E-state index contributed by atoms with van der Waals surface area (Å²) in [7, 11) is 0. The second-order valence-corrected chi connectivity index (χ2v) is 5.98. The molecular formula is C15H18Cl2N4O2S. The van der Waals surface area contributed by atoms with Crippen molar-refractivity contribution in [2.45, 2.75) is 19.8 Å². The number of carbonyl (C=O) groups excluding carboxylic acids is 2. The molecule has 1 aliphatic heterocycles. The topological polar surface area (TPSA) is 88.3 Å². The Morgan fingerprint density at radius 3 is 2.79 bits per heavy atom. The SMILES string of the molecule is CC(=O)Nc1nc(C(=O)N2CCCc3c(N)cccc32)cs1.Cl.Cl. The third kappa shape index (κ3) is 3.98. The number of nitrogens with two attached hydrogens (primary N) is 1. The van der Waals surface area contributed by atoms with Crippen molar-refractivity contribution < 1.29 is 9.59 Å². The van der Waals surface area contributed by atoms with Gasteiger partial charge in [0.1, 0.15) is 5.69 Å². The minimum absolute atomic E-state index is 0. The molecule has 3 rings (SSSR count). The number of nitrogens with one attached hydrogen (secondary N) is 1. The smallest absolute Gasteiger partial charge is 0.277 e. The third-order valence-electron chi connectivity index (χ3n) is 3.54. The van der Waals surface area contributed by atoms with Crippen molar-refractivity contribution in [1.82, 2.24) is 4.98 Å². The van der Waals surface area contributed by atoms with Crippen LogP contribution in [0.3, 0.4) is 0 Å². The highest BCUT2D eigenvalue weighted by Gasteiger charge is 2.26. The van der Waals surface area contributed by atoms with Crippen molar-refractivity contribution in [2.75, 3.05) is 22.5 Å². The van der Waals surface area contributed by atoms with Crippen molar-refractivity contribution in [3.8, 4) is 0 Å². The van der Waals surface area contributed by atoms with E-state index in [4.69, 9.17) is 5.73 Å². The number of carbonyl (C=O) groups is 2. The fourth-order valence-electron chi connectivity index (χ4n) is 2.58. The molecular weight excluding hydrogens is 371 g/mol. The fraction of sp³-hybridized carbons (Fsp3) is 0.267. The molecule has 0 spiro atoms. The molecule has 1 aliphatic rings. The van der Waals surface area contributed by atoms with Crippen molar-refractivity contribution in [3.63, 3.8) is 0 Å². The monoisotopic (exact) mass is 388 g/mol. The van der Waals surface area contributed by atoms with Gasteiger partial charge in [-0.25, -0.2) is 4.98 Å². The first-order chi connectivity index (χ1) is 10.6. The van der Waals surface area contributed by atoms with E-state index in [9.17, 15) is 9.59 Å². The molecule has 0 atom stereocenters. The van der Waals surface area contributed by atoms with Gasteiger partial charge in [0.15, 0.2) is 5.13 Å². The number of hydrogen-bond acceptors (Lipinski definition) is 5. The number of halogens is 2. The Kier molecular flexibility index (Phi) is 7.01. The van der Waals surface area contributed by atoms with Crippen LogP contribution in [-0.4, -0.2) is 23.3 Å². The summed E-state index contributed by atoms with van der Waals surface area (Å²) >= 11 is 1.24. The van der Waals surface area contributed by atoms with Crippen LogP contribution in [0.5, 0.6) is 0 Å². The molecule has 0 bridgehead atoms. The Hall–Kier alpha value is -1.83. The molecule has 0 saturated carbocycles. The van der Waals surface area contributed by atoms with Crippen molar-refractivity contribution in [3.05, 3.63) is 34.8 Å². The van der Waals surface area contributed by atoms with Crippen LogP contribution in [0.1, 0.15) is 29.4 Å². The maximum atomic E-state index is 12.7. The Balaban J connectivity index is 0.00000144. The van der Waals surface area contributed by atoms with Crippen LogP contribution in [0.4, 0.5) is 16.5 Å².